The van der Waals surface area contributed by atoms with Crippen LogP contribution in [0.3, 0.4) is 0 Å². The van der Waals surface area contributed by atoms with Crippen LogP contribution in [0.4, 0.5) is 0 Å². The summed E-state index contributed by atoms with van der Waals surface area (Å²) in [4.78, 5) is 4.43. The lowest BCUT2D eigenvalue weighted by Gasteiger charge is -2.17. The molecule has 0 unspecified atom stereocenters. The maximum Gasteiger partial charge on any atom is 0.184 e. The van der Waals surface area contributed by atoms with E-state index in [1.165, 1.54) is 0 Å². The van der Waals surface area contributed by atoms with E-state index in [0.29, 0.717) is 0 Å². The number of aryl methyl sites for hydroxylation is 1. The number of aromatic nitrogens is 1. The Morgan fingerprint density at radius 1 is 1.26 bits per heavy atom. The average molecular weight is 304 g/mol. The number of hydrogen-bond donors (Lipinski definition) is 0. The molecule has 0 saturated heterocycles. The van der Waals surface area contributed by atoms with Gasteiger partial charge in [0.1, 0.15) is 10.0 Å². The van der Waals surface area contributed by atoms with E-state index in [4.69, 9.17) is 11.6 Å². The number of hydrogen-bond acceptors (Lipinski definition) is 3. The number of sulfone groups is 1. The Hall–Kier alpha value is -0.610. The number of halogens is 1. The highest BCUT2D eigenvalue weighted by molar-refractivity contribution is 7.92. The van der Waals surface area contributed by atoms with Crippen molar-refractivity contribution in [1.82, 2.24) is 4.98 Å². The van der Waals surface area contributed by atoms with Crippen LogP contribution < -0.4 is 0 Å². The van der Waals surface area contributed by atoms with Crippen molar-refractivity contribution >= 4 is 21.4 Å². The van der Waals surface area contributed by atoms with Crippen molar-refractivity contribution in [2.75, 3.05) is 0 Å². The smallest absolute Gasteiger partial charge is 0.184 e. The van der Waals surface area contributed by atoms with E-state index in [2.05, 4.69) is 11.9 Å². The van der Waals surface area contributed by atoms with Crippen molar-refractivity contribution in [2.45, 2.75) is 64.0 Å². The van der Waals surface area contributed by atoms with Crippen molar-refractivity contribution in [3.63, 3.8) is 0 Å². The molecule has 0 atom stereocenters. The van der Waals surface area contributed by atoms with Crippen LogP contribution >= 0.6 is 11.6 Å². The van der Waals surface area contributed by atoms with Gasteiger partial charge in [-0.05, 0) is 51.7 Å². The molecular weight excluding hydrogens is 282 g/mol. The van der Waals surface area contributed by atoms with E-state index in [9.17, 15) is 8.42 Å². The second-order valence-corrected chi connectivity index (χ2v) is 7.92. The summed E-state index contributed by atoms with van der Waals surface area (Å²) in [5, 5.41) is -0.392. The van der Waals surface area contributed by atoms with E-state index in [1.807, 2.05) is 13.8 Å². The fraction of sp³-hybridized carbons (Fsp3) is 0.643. The van der Waals surface area contributed by atoms with Gasteiger partial charge in [-0.15, -0.1) is 0 Å². The quantitative estimate of drug-likeness (QED) is 0.776. The standard InChI is InChI=1S/C14H22ClNO2S/c1-6-7-8-12-10(4)13(14(15)16-11(12)5)19(17,18)9(2)3/h9H,6-8H2,1-5H3. The van der Waals surface area contributed by atoms with E-state index < -0.39 is 15.1 Å². The van der Waals surface area contributed by atoms with Gasteiger partial charge >= 0.3 is 0 Å². The number of nitrogens with zero attached hydrogens (tertiary/aromatic N) is 1. The Balaban J connectivity index is 3.50. The van der Waals surface area contributed by atoms with Gasteiger partial charge in [-0.25, -0.2) is 13.4 Å². The van der Waals surface area contributed by atoms with Crippen molar-refractivity contribution in [3.8, 4) is 0 Å². The van der Waals surface area contributed by atoms with Gasteiger partial charge in [0.05, 0.1) is 5.25 Å². The van der Waals surface area contributed by atoms with Crippen molar-refractivity contribution < 1.29 is 8.42 Å². The van der Waals surface area contributed by atoms with Crippen molar-refractivity contribution in [1.29, 1.82) is 0 Å². The third-order valence-corrected chi connectivity index (χ3v) is 6.06. The molecule has 19 heavy (non-hydrogen) atoms. The van der Waals surface area contributed by atoms with Gasteiger partial charge in [0.15, 0.2) is 9.84 Å². The van der Waals surface area contributed by atoms with Gasteiger partial charge in [-0.2, -0.15) is 0 Å². The first-order chi connectivity index (χ1) is 8.73. The van der Waals surface area contributed by atoms with Gasteiger partial charge in [0.2, 0.25) is 0 Å². The summed E-state index contributed by atoms with van der Waals surface area (Å²) in [5.41, 5.74) is 2.61. The lowest BCUT2D eigenvalue weighted by Crippen LogP contribution is -2.18. The molecule has 0 amide bonds. The fourth-order valence-corrected chi connectivity index (χ4v) is 4.01. The first kappa shape index (κ1) is 16.4. The molecule has 0 fully saturated rings. The maximum atomic E-state index is 12.4. The summed E-state index contributed by atoms with van der Waals surface area (Å²) in [7, 11) is -3.40. The molecule has 1 aromatic rings. The molecule has 0 N–H and O–H groups in total. The van der Waals surface area contributed by atoms with Gasteiger partial charge in [-0.1, -0.05) is 24.9 Å². The SMILES string of the molecule is CCCCc1c(C)nc(Cl)c(S(=O)(=O)C(C)C)c1C. The minimum absolute atomic E-state index is 0.101. The zero-order chi connectivity index (χ0) is 14.8. The number of unbranched alkanes of at least 4 members (excludes halogenated alkanes) is 1. The van der Waals surface area contributed by atoms with Crippen LogP contribution in [0, 0.1) is 13.8 Å². The van der Waals surface area contributed by atoms with Gasteiger partial charge in [-0.3, -0.25) is 0 Å². The van der Waals surface area contributed by atoms with Crippen molar-refractivity contribution in [2.24, 2.45) is 0 Å². The van der Waals surface area contributed by atoms with Crippen LogP contribution in [0.5, 0.6) is 0 Å². The minimum Gasteiger partial charge on any atom is -0.240 e. The topological polar surface area (TPSA) is 47.0 Å². The number of rotatable bonds is 5. The summed E-state index contributed by atoms with van der Waals surface area (Å²) >= 11 is 6.08. The fourth-order valence-electron chi connectivity index (χ4n) is 2.12. The van der Waals surface area contributed by atoms with E-state index in [-0.39, 0.29) is 10.0 Å². The molecule has 0 bridgehead atoms. The maximum absolute atomic E-state index is 12.4. The summed E-state index contributed by atoms with van der Waals surface area (Å²) in [6.07, 6.45) is 2.93. The molecule has 5 heteroatoms. The normalized spacial score (nSPS) is 12.2. The van der Waals surface area contributed by atoms with Gasteiger partial charge < -0.3 is 0 Å². The summed E-state index contributed by atoms with van der Waals surface area (Å²) < 4.78 is 24.8. The zero-order valence-corrected chi connectivity index (χ0v) is 13.8. The van der Waals surface area contributed by atoms with Crippen LogP contribution in [0.1, 0.15) is 50.4 Å². The molecule has 0 aliphatic rings. The van der Waals surface area contributed by atoms with E-state index in [1.54, 1.807) is 13.8 Å². The second kappa shape index (κ2) is 6.23. The molecule has 1 rings (SSSR count). The molecule has 0 aromatic carbocycles. The molecule has 0 radical (unpaired) electrons. The zero-order valence-electron chi connectivity index (χ0n) is 12.2. The van der Waals surface area contributed by atoms with Crippen LogP contribution in [0.15, 0.2) is 4.90 Å². The van der Waals surface area contributed by atoms with Crippen LogP contribution in [0.2, 0.25) is 5.15 Å². The van der Waals surface area contributed by atoms with Crippen molar-refractivity contribution in [3.05, 3.63) is 22.0 Å². The summed E-state index contributed by atoms with van der Waals surface area (Å²) in [6.45, 7) is 9.16. The lowest BCUT2D eigenvalue weighted by molar-refractivity contribution is 0.586. The molecule has 0 saturated carbocycles. The Morgan fingerprint density at radius 2 is 1.84 bits per heavy atom. The molecule has 0 aliphatic heterocycles. The average Bonchev–Trinajstić information content (AvgIpc) is 2.27. The predicted octanol–water partition coefficient (Wildman–Crippen LogP) is 3.88. The molecule has 3 nitrogen and oxygen atoms in total. The van der Waals surface area contributed by atoms with Crippen LogP contribution in [0.25, 0.3) is 0 Å². The largest absolute Gasteiger partial charge is 0.240 e. The Bertz CT molecular complexity index is 565. The highest BCUT2D eigenvalue weighted by Gasteiger charge is 2.27. The molecule has 0 spiro atoms. The molecule has 0 aliphatic carbocycles. The van der Waals surface area contributed by atoms with E-state index in [0.717, 1.165) is 36.1 Å². The third-order valence-electron chi connectivity index (χ3n) is 3.37. The molecule has 1 heterocycles. The van der Waals surface area contributed by atoms with Gasteiger partial charge in [0.25, 0.3) is 0 Å². The van der Waals surface area contributed by atoms with Crippen LogP contribution in [-0.2, 0) is 16.3 Å². The minimum atomic E-state index is -3.40. The Labute approximate surface area is 121 Å². The van der Waals surface area contributed by atoms with Gasteiger partial charge in [0, 0.05) is 5.69 Å². The highest BCUT2D eigenvalue weighted by Crippen LogP contribution is 2.31. The number of pyridine rings is 1. The highest BCUT2D eigenvalue weighted by atomic mass is 35.5. The Morgan fingerprint density at radius 3 is 2.32 bits per heavy atom. The predicted molar refractivity (Wildman–Crippen MR) is 79.7 cm³/mol. The first-order valence-corrected chi connectivity index (χ1v) is 8.55. The molecule has 1 aromatic heterocycles. The Kier molecular flexibility index (Phi) is 5.39. The lowest BCUT2D eigenvalue weighted by atomic mass is 10.0. The van der Waals surface area contributed by atoms with Crippen LogP contribution in [-0.4, -0.2) is 18.7 Å². The molecule has 108 valence electrons. The monoisotopic (exact) mass is 303 g/mol. The summed E-state index contributed by atoms with van der Waals surface area (Å²) in [5.74, 6) is 0. The first-order valence-electron chi connectivity index (χ1n) is 6.62. The third kappa shape index (κ3) is 3.29. The molecular formula is C14H22ClNO2S. The summed E-state index contributed by atoms with van der Waals surface area (Å²) in [6, 6.07) is 0. The van der Waals surface area contributed by atoms with E-state index >= 15 is 0 Å². The second-order valence-electron chi connectivity index (χ2n) is 5.12.